The first-order valence-corrected chi connectivity index (χ1v) is 8.58. The lowest BCUT2D eigenvalue weighted by Crippen LogP contribution is -2.15. The molecule has 0 amide bonds. The van der Waals surface area contributed by atoms with Crippen LogP contribution in [0.2, 0.25) is 0 Å². The predicted octanol–water partition coefficient (Wildman–Crippen LogP) is 3.54. The molecule has 0 aliphatic heterocycles. The molecule has 0 heterocycles. The third kappa shape index (κ3) is 3.57. The Hall–Kier alpha value is -2.82. The van der Waals surface area contributed by atoms with Crippen molar-refractivity contribution in [2.75, 3.05) is 20.8 Å². The van der Waals surface area contributed by atoms with Crippen LogP contribution in [0.4, 0.5) is 0 Å². The highest BCUT2D eigenvalue weighted by molar-refractivity contribution is 5.99. The Morgan fingerprint density at radius 1 is 0.923 bits per heavy atom. The van der Waals surface area contributed by atoms with Gasteiger partial charge in [-0.1, -0.05) is 12.1 Å². The van der Waals surface area contributed by atoms with Crippen molar-refractivity contribution in [3.05, 3.63) is 58.1 Å². The minimum atomic E-state index is -0.587. The second kappa shape index (κ2) is 7.60. The van der Waals surface area contributed by atoms with Gasteiger partial charge in [-0.05, 0) is 55.5 Å². The van der Waals surface area contributed by atoms with E-state index in [-0.39, 0.29) is 18.0 Å². The van der Waals surface area contributed by atoms with Gasteiger partial charge in [-0.3, -0.25) is 4.79 Å². The summed E-state index contributed by atoms with van der Waals surface area (Å²) >= 11 is 0. The standard InChI is InChI=1S/C21H22O5/c1-13-19(24-2)10-17(11-20(13)25-3)21(23)26-12-18(22)16-8-7-14-5-4-6-15(14)9-16/h7-11H,4-6,12H2,1-3H3. The van der Waals surface area contributed by atoms with Gasteiger partial charge in [0.2, 0.25) is 0 Å². The topological polar surface area (TPSA) is 61.8 Å². The smallest absolute Gasteiger partial charge is 0.338 e. The molecule has 5 heteroatoms. The highest BCUT2D eigenvalue weighted by Gasteiger charge is 2.18. The number of ketones is 1. The number of carbonyl (C=O) groups excluding carboxylic acids is 2. The molecule has 5 nitrogen and oxygen atoms in total. The molecule has 136 valence electrons. The number of Topliss-reactive ketones (excluding diaryl/α,β-unsaturated/α-hetero) is 1. The molecule has 0 spiro atoms. The first-order chi connectivity index (χ1) is 12.5. The molecule has 0 bridgehead atoms. The van der Waals surface area contributed by atoms with Gasteiger partial charge in [0.05, 0.1) is 19.8 Å². The fraction of sp³-hybridized carbons (Fsp3) is 0.333. The Morgan fingerprint density at radius 3 is 2.23 bits per heavy atom. The number of methoxy groups -OCH3 is 2. The molecule has 0 saturated heterocycles. The molecule has 2 aromatic carbocycles. The quantitative estimate of drug-likeness (QED) is 0.586. The maximum atomic E-state index is 12.4. The van der Waals surface area contributed by atoms with Crippen LogP contribution < -0.4 is 9.47 Å². The van der Waals surface area contributed by atoms with Crippen LogP contribution in [0.15, 0.2) is 30.3 Å². The van der Waals surface area contributed by atoms with Crippen molar-refractivity contribution in [3.8, 4) is 11.5 Å². The van der Waals surface area contributed by atoms with E-state index in [1.54, 1.807) is 18.2 Å². The predicted molar refractivity (Wildman–Crippen MR) is 97.4 cm³/mol. The molecule has 0 radical (unpaired) electrons. The maximum Gasteiger partial charge on any atom is 0.338 e. The normalized spacial score (nSPS) is 12.4. The molecule has 1 aliphatic rings. The van der Waals surface area contributed by atoms with Crippen molar-refractivity contribution in [2.45, 2.75) is 26.2 Å². The van der Waals surface area contributed by atoms with Gasteiger partial charge < -0.3 is 14.2 Å². The number of esters is 1. The lowest BCUT2D eigenvalue weighted by atomic mass is 10.0. The minimum Gasteiger partial charge on any atom is -0.496 e. The van der Waals surface area contributed by atoms with Gasteiger partial charge in [-0.2, -0.15) is 0 Å². The van der Waals surface area contributed by atoms with Crippen LogP contribution in [0.3, 0.4) is 0 Å². The van der Waals surface area contributed by atoms with E-state index in [1.807, 2.05) is 19.1 Å². The number of aryl methyl sites for hydroxylation is 2. The van der Waals surface area contributed by atoms with Gasteiger partial charge >= 0.3 is 5.97 Å². The van der Waals surface area contributed by atoms with E-state index >= 15 is 0 Å². The highest BCUT2D eigenvalue weighted by atomic mass is 16.5. The Kier molecular flexibility index (Phi) is 5.26. The van der Waals surface area contributed by atoms with E-state index in [0.29, 0.717) is 17.1 Å². The van der Waals surface area contributed by atoms with Crippen molar-refractivity contribution in [2.24, 2.45) is 0 Å². The molecule has 3 rings (SSSR count). The van der Waals surface area contributed by atoms with E-state index in [0.717, 1.165) is 24.8 Å². The summed E-state index contributed by atoms with van der Waals surface area (Å²) in [6.07, 6.45) is 3.19. The molecule has 0 N–H and O–H groups in total. The average molecular weight is 354 g/mol. The summed E-state index contributed by atoms with van der Waals surface area (Å²) in [5.74, 6) is 0.262. The van der Waals surface area contributed by atoms with E-state index in [9.17, 15) is 9.59 Å². The van der Waals surface area contributed by atoms with E-state index in [4.69, 9.17) is 14.2 Å². The van der Waals surface area contributed by atoms with Crippen LogP contribution in [0.5, 0.6) is 11.5 Å². The molecule has 2 aromatic rings. The highest BCUT2D eigenvalue weighted by Crippen LogP contribution is 2.29. The zero-order valence-electron chi connectivity index (χ0n) is 15.3. The van der Waals surface area contributed by atoms with Gasteiger partial charge in [0.25, 0.3) is 0 Å². The Bertz CT molecular complexity index is 828. The fourth-order valence-electron chi connectivity index (χ4n) is 3.25. The molecule has 0 aromatic heterocycles. The van der Waals surface area contributed by atoms with Gasteiger partial charge in [0.1, 0.15) is 11.5 Å². The third-order valence-electron chi connectivity index (χ3n) is 4.74. The van der Waals surface area contributed by atoms with Gasteiger partial charge in [0, 0.05) is 11.1 Å². The second-order valence-electron chi connectivity index (χ2n) is 6.34. The zero-order valence-corrected chi connectivity index (χ0v) is 15.3. The van der Waals surface area contributed by atoms with Crippen LogP contribution in [0.1, 0.15) is 43.8 Å². The molecule has 1 aliphatic carbocycles. The summed E-state index contributed by atoms with van der Waals surface area (Å²) in [5.41, 5.74) is 4.18. The summed E-state index contributed by atoms with van der Waals surface area (Å²) in [4.78, 5) is 24.7. The van der Waals surface area contributed by atoms with E-state index in [1.165, 1.54) is 25.3 Å². The first-order valence-electron chi connectivity index (χ1n) is 8.58. The summed E-state index contributed by atoms with van der Waals surface area (Å²) in [6, 6.07) is 8.88. The molecular weight excluding hydrogens is 332 g/mol. The summed E-state index contributed by atoms with van der Waals surface area (Å²) < 4.78 is 15.7. The molecule has 26 heavy (non-hydrogen) atoms. The fourth-order valence-corrected chi connectivity index (χ4v) is 3.25. The van der Waals surface area contributed by atoms with Crippen LogP contribution in [0.25, 0.3) is 0 Å². The lowest BCUT2D eigenvalue weighted by molar-refractivity contribution is 0.0474. The number of hydrogen-bond acceptors (Lipinski definition) is 5. The number of hydrogen-bond donors (Lipinski definition) is 0. The van der Waals surface area contributed by atoms with Crippen LogP contribution in [-0.4, -0.2) is 32.6 Å². The number of fused-ring (bicyclic) bond motifs is 1. The molecule has 0 atom stereocenters. The summed E-state index contributed by atoms with van der Waals surface area (Å²) in [6.45, 7) is 1.54. The average Bonchev–Trinajstić information content (AvgIpc) is 3.13. The Labute approximate surface area is 152 Å². The molecule has 0 fully saturated rings. The van der Waals surface area contributed by atoms with Gasteiger partial charge in [-0.15, -0.1) is 0 Å². The molecule has 0 saturated carbocycles. The monoisotopic (exact) mass is 354 g/mol. The Morgan fingerprint density at radius 2 is 1.58 bits per heavy atom. The summed E-state index contributed by atoms with van der Waals surface area (Å²) in [7, 11) is 3.04. The van der Waals surface area contributed by atoms with Crippen molar-refractivity contribution in [1.82, 2.24) is 0 Å². The first kappa shape index (κ1) is 18.0. The minimum absolute atomic E-state index is 0.209. The lowest BCUT2D eigenvalue weighted by Gasteiger charge is -2.12. The zero-order chi connectivity index (χ0) is 18.7. The van der Waals surface area contributed by atoms with E-state index in [2.05, 4.69) is 0 Å². The third-order valence-corrected chi connectivity index (χ3v) is 4.74. The van der Waals surface area contributed by atoms with Crippen molar-refractivity contribution in [3.63, 3.8) is 0 Å². The largest absolute Gasteiger partial charge is 0.496 e. The molecular formula is C21H22O5. The number of carbonyl (C=O) groups is 2. The van der Waals surface area contributed by atoms with Crippen molar-refractivity contribution in [1.29, 1.82) is 0 Å². The number of ether oxygens (including phenoxy) is 3. The van der Waals surface area contributed by atoms with Gasteiger partial charge in [0.15, 0.2) is 12.4 Å². The van der Waals surface area contributed by atoms with E-state index < -0.39 is 5.97 Å². The summed E-state index contributed by atoms with van der Waals surface area (Å²) in [5, 5.41) is 0. The molecule has 0 unspecified atom stereocenters. The van der Waals surface area contributed by atoms with Gasteiger partial charge in [-0.25, -0.2) is 4.79 Å². The number of rotatable bonds is 6. The van der Waals surface area contributed by atoms with Crippen LogP contribution in [0, 0.1) is 6.92 Å². The second-order valence-corrected chi connectivity index (χ2v) is 6.34. The maximum absolute atomic E-state index is 12.4. The number of benzene rings is 2. The van der Waals surface area contributed by atoms with Crippen LogP contribution in [-0.2, 0) is 17.6 Å². The Balaban J connectivity index is 1.69. The van der Waals surface area contributed by atoms with Crippen molar-refractivity contribution >= 4 is 11.8 Å². The van der Waals surface area contributed by atoms with Crippen LogP contribution >= 0.6 is 0 Å². The SMILES string of the molecule is COc1cc(C(=O)OCC(=O)c2ccc3c(c2)CCC3)cc(OC)c1C. The van der Waals surface area contributed by atoms with Crippen molar-refractivity contribution < 1.29 is 23.8 Å².